The van der Waals surface area contributed by atoms with Gasteiger partial charge in [-0.3, -0.25) is 0 Å². The van der Waals surface area contributed by atoms with Gasteiger partial charge >= 0.3 is 5.97 Å². The molecule has 1 atom stereocenters. The highest BCUT2D eigenvalue weighted by Gasteiger charge is 2.13. The molecule has 2 rings (SSSR count). The Morgan fingerprint density at radius 2 is 1.92 bits per heavy atom. The van der Waals surface area contributed by atoms with Crippen molar-refractivity contribution in [3.63, 3.8) is 0 Å². The van der Waals surface area contributed by atoms with Gasteiger partial charge in [0, 0.05) is 12.1 Å². The summed E-state index contributed by atoms with van der Waals surface area (Å²) in [6.07, 6.45) is 0.813. The van der Waals surface area contributed by atoms with Crippen LogP contribution in [0.25, 0.3) is 0 Å². The van der Waals surface area contributed by atoms with E-state index in [9.17, 15) is 9.90 Å². The minimum Gasteiger partial charge on any atom is -0.489 e. The first kappa shape index (κ1) is 19.9. The lowest BCUT2D eigenvalue weighted by Gasteiger charge is -2.22. The van der Waals surface area contributed by atoms with Gasteiger partial charge in [-0.05, 0) is 38.5 Å². The van der Waals surface area contributed by atoms with Crippen molar-refractivity contribution in [2.45, 2.75) is 39.0 Å². The van der Waals surface area contributed by atoms with Gasteiger partial charge in [0.15, 0.2) is 0 Å². The normalized spacial score (nSPS) is 12.5. The van der Waals surface area contributed by atoms with Crippen LogP contribution in [0.3, 0.4) is 0 Å². The molecule has 0 aliphatic heterocycles. The molecule has 6 nitrogen and oxygen atoms in total. The Hall–Kier alpha value is -2.44. The molecule has 0 spiro atoms. The van der Waals surface area contributed by atoms with Gasteiger partial charge < -0.3 is 19.9 Å². The summed E-state index contributed by atoms with van der Waals surface area (Å²) >= 11 is 0. The molecule has 6 heteroatoms. The number of hydrogen-bond acceptors (Lipinski definition) is 6. The number of benzene rings is 1. The van der Waals surface area contributed by atoms with Gasteiger partial charge in [-0.2, -0.15) is 0 Å². The average molecular weight is 358 g/mol. The van der Waals surface area contributed by atoms with Crippen LogP contribution in [0.4, 0.5) is 0 Å². The number of pyridine rings is 1. The molecular formula is C20H26N2O4. The standard InChI is InChI=1S/C20H26N2O4/c1-20(2,3)22-11-16(23)14-25-17-9-10-18(21-12-17)19(24)26-13-15-7-5-4-6-8-15/h4-10,12,16,22-23H,11,13-14H2,1-3H3. The van der Waals surface area contributed by atoms with Crippen LogP contribution < -0.4 is 10.1 Å². The Balaban J connectivity index is 1.77. The second kappa shape index (κ2) is 9.31. The first-order valence-electron chi connectivity index (χ1n) is 8.56. The monoisotopic (exact) mass is 358 g/mol. The van der Waals surface area contributed by atoms with E-state index in [1.165, 1.54) is 6.20 Å². The molecule has 0 amide bonds. The molecule has 1 unspecified atom stereocenters. The van der Waals surface area contributed by atoms with E-state index >= 15 is 0 Å². The van der Waals surface area contributed by atoms with Crippen molar-refractivity contribution in [3.8, 4) is 5.75 Å². The predicted octanol–water partition coefficient (Wildman–Crippen LogP) is 2.57. The van der Waals surface area contributed by atoms with Crippen LogP contribution in [-0.2, 0) is 11.3 Å². The van der Waals surface area contributed by atoms with Crippen molar-refractivity contribution < 1.29 is 19.4 Å². The molecule has 0 aliphatic carbocycles. The highest BCUT2D eigenvalue weighted by Crippen LogP contribution is 2.11. The van der Waals surface area contributed by atoms with Crippen molar-refractivity contribution in [2.75, 3.05) is 13.2 Å². The maximum atomic E-state index is 12.0. The minimum absolute atomic E-state index is 0.0652. The number of aromatic nitrogens is 1. The number of aliphatic hydroxyl groups is 1. The Labute approximate surface area is 154 Å². The van der Waals surface area contributed by atoms with Gasteiger partial charge in [0.1, 0.15) is 30.8 Å². The minimum atomic E-state index is -0.635. The van der Waals surface area contributed by atoms with Crippen LogP contribution in [0, 0.1) is 0 Å². The quantitative estimate of drug-likeness (QED) is 0.706. The van der Waals surface area contributed by atoms with Crippen molar-refractivity contribution in [3.05, 3.63) is 59.9 Å². The number of β-amino-alcohol motifs (C(OH)–C–C–N with tert-alkyl or cyclic N) is 1. The summed E-state index contributed by atoms with van der Waals surface area (Å²) in [5.41, 5.74) is 1.06. The number of hydrogen-bond donors (Lipinski definition) is 2. The fourth-order valence-corrected chi connectivity index (χ4v) is 2.06. The number of nitrogens with zero attached hydrogens (tertiary/aromatic N) is 1. The molecule has 2 N–H and O–H groups in total. The molecule has 2 aromatic rings. The van der Waals surface area contributed by atoms with Crippen LogP contribution in [-0.4, -0.2) is 40.9 Å². The topological polar surface area (TPSA) is 80.7 Å². The van der Waals surface area contributed by atoms with E-state index in [2.05, 4.69) is 10.3 Å². The van der Waals surface area contributed by atoms with Crippen LogP contribution in [0.1, 0.15) is 36.8 Å². The van der Waals surface area contributed by atoms with E-state index in [1.807, 2.05) is 51.1 Å². The molecule has 0 fully saturated rings. The molecule has 0 radical (unpaired) electrons. The SMILES string of the molecule is CC(C)(C)NCC(O)COc1ccc(C(=O)OCc2ccccc2)nc1. The number of aliphatic hydroxyl groups excluding tert-OH is 1. The zero-order valence-electron chi connectivity index (χ0n) is 15.4. The predicted molar refractivity (Wildman–Crippen MR) is 99.1 cm³/mol. The Morgan fingerprint density at radius 1 is 1.19 bits per heavy atom. The summed E-state index contributed by atoms with van der Waals surface area (Å²) in [6.45, 7) is 6.86. The molecule has 26 heavy (non-hydrogen) atoms. The van der Waals surface area contributed by atoms with Gasteiger partial charge in [0.2, 0.25) is 0 Å². The van der Waals surface area contributed by atoms with Crippen molar-refractivity contribution in [1.82, 2.24) is 10.3 Å². The molecule has 1 heterocycles. The van der Waals surface area contributed by atoms with Gasteiger partial charge in [-0.25, -0.2) is 9.78 Å². The number of esters is 1. The summed E-state index contributed by atoms with van der Waals surface area (Å²) in [5, 5.41) is 13.1. The Bertz CT molecular complexity index is 681. The van der Waals surface area contributed by atoms with E-state index in [0.29, 0.717) is 12.3 Å². The number of rotatable bonds is 8. The lowest BCUT2D eigenvalue weighted by atomic mass is 10.1. The average Bonchev–Trinajstić information content (AvgIpc) is 2.63. The Kier molecular flexibility index (Phi) is 7.12. The molecular weight excluding hydrogens is 332 g/mol. The number of carbonyl (C=O) groups is 1. The summed E-state index contributed by atoms with van der Waals surface area (Å²) in [5.74, 6) is -0.00534. The van der Waals surface area contributed by atoms with Gasteiger partial charge in [-0.15, -0.1) is 0 Å². The maximum absolute atomic E-state index is 12.0. The molecule has 0 bridgehead atoms. The van der Waals surface area contributed by atoms with E-state index in [0.717, 1.165) is 5.56 Å². The van der Waals surface area contributed by atoms with Crippen molar-refractivity contribution >= 4 is 5.97 Å². The highest BCUT2D eigenvalue weighted by molar-refractivity contribution is 5.87. The zero-order chi connectivity index (χ0) is 19.0. The molecule has 1 aromatic heterocycles. The summed E-state index contributed by atoms with van der Waals surface area (Å²) in [4.78, 5) is 16.1. The first-order chi connectivity index (χ1) is 12.3. The lowest BCUT2D eigenvalue weighted by Crippen LogP contribution is -2.42. The molecule has 0 saturated heterocycles. The highest BCUT2D eigenvalue weighted by atomic mass is 16.5. The Morgan fingerprint density at radius 3 is 2.54 bits per heavy atom. The summed E-state index contributed by atoms with van der Waals surface area (Å²) in [7, 11) is 0. The third-order valence-corrected chi connectivity index (χ3v) is 3.47. The second-order valence-corrected chi connectivity index (χ2v) is 7.04. The van der Waals surface area contributed by atoms with Crippen LogP contribution in [0.15, 0.2) is 48.7 Å². The van der Waals surface area contributed by atoms with Crippen LogP contribution >= 0.6 is 0 Å². The fraction of sp³-hybridized carbons (Fsp3) is 0.400. The van der Waals surface area contributed by atoms with Crippen molar-refractivity contribution in [1.29, 1.82) is 0 Å². The summed E-state index contributed by atoms with van der Waals surface area (Å²) < 4.78 is 10.7. The van der Waals surface area contributed by atoms with E-state index in [1.54, 1.807) is 12.1 Å². The van der Waals surface area contributed by atoms with E-state index in [4.69, 9.17) is 9.47 Å². The zero-order valence-corrected chi connectivity index (χ0v) is 15.4. The number of carbonyl (C=O) groups excluding carboxylic acids is 1. The van der Waals surface area contributed by atoms with Gasteiger partial charge in [0.25, 0.3) is 0 Å². The maximum Gasteiger partial charge on any atom is 0.357 e. The van der Waals surface area contributed by atoms with E-state index < -0.39 is 12.1 Å². The lowest BCUT2D eigenvalue weighted by molar-refractivity contribution is 0.0465. The molecule has 0 aliphatic rings. The largest absolute Gasteiger partial charge is 0.489 e. The van der Waals surface area contributed by atoms with Crippen molar-refractivity contribution in [2.24, 2.45) is 0 Å². The number of nitrogens with one attached hydrogen (secondary N) is 1. The molecule has 1 aromatic carbocycles. The van der Waals surface area contributed by atoms with Gasteiger partial charge in [0.05, 0.1) is 6.20 Å². The molecule has 140 valence electrons. The van der Waals surface area contributed by atoms with Gasteiger partial charge in [-0.1, -0.05) is 30.3 Å². The van der Waals surface area contributed by atoms with Crippen LogP contribution in [0.5, 0.6) is 5.75 Å². The van der Waals surface area contributed by atoms with Crippen LogP contribution in [0.2, 0.25) is 0 Å². The smallest absolute Gasteiger partial charge is 0.357 e. The molecule has 0 saturated carbocycles. The third kappa shape index (κ3) is 7.21. The third-order valence-electron chi connectivity index (χ3n) is 3.47. The summed E-state index contributed by atoms with van der Waals surface area (Å²) in [6, 6.07) is 12.6. The second-order valence-electron chi connectivity index (χ2n) is 7.04. The first-order valence-corrected chi connectivity index (χ1v) is 8.56. The fourth-order valence-electron chi connectivity index (χ4n) is 2.06. The van der Waals surface area contributed by atoms with E-state index in [-0.39, 0.29) is 24.4 Å². The number of ether oxygens (including phenoxy) is 2.